The van der Waals surface area contributed by atoms with E-state index >= 15 is 0 Å². The van der Waals surface area contributed by atoms with E-state index in [1.807, 2.05) is 0 Å². The highest BCUT2D eigenvalue weighted by atomic mass is 35.5. The number of imidazole rings is 1. The summed E-state index contributed by atoms with van der Waals surface area (Å²) in [6, 6.07) is 7.22. The summed E-state index contributed by atoms with van der Waals surface area (Å²) in [5.41, 5.74) is 6.24. The Balaban J connectivity index is 1.30. The second kappa shape index (κ2) is 12.6. The number of aliphatic hydroxyl groups excluding tert-OH is 2. The number of nitrogens with two attached hydrogens (primary N) is 1. The molecule has 14 nitrogen and oxygen atoms in total. The minimum absolute atomic E-state index is 0.0739. The van der Waals surface area contributed by atoms with Crippen molar-refractivity contribution in [3.05, 3.63) is 41.9 Å². The molecule has 1 aliphatic carbocycles. The third-order valence-corrected chi connectivity index (χ3v) is 8.88. The molecular weight excluding hydrogens is 579 g/mol. The molecule has 6 atom stereocenters. The van der Waals surface area contributed by atoms with Gasteiger partial charge in [0, 0.05) is 0 Å². The van der Waals surface area contributed by atoms with Crippen molar-refractivity contribution in [2.24, 2.45) is 0 Å². The van der Waals surface area contributed by atoms with E-state index in [0.29, 0.717) is 0 Å². The highest BCUT2D eigenvalue weighted by Crippen LogP contribution is 2.46. The Kier molecular flexibility index (Phi) is 9.09. The van der Waals surface area contributed by atoms with Gasteiger partial charge in [0.2, 0.25) is 5.28 Å². The van der Waals surface area contributed by atoms with Gasteiger partial charge in [-0.15, -0.1) is 0 Å². The molecule has 0 radical (unpaired) electrons. The number of hydrogen-bond donors (Lipinski definition) is 4. The molecule has 2 aromatic heterocycles. The number of nitrogen functional groups attached to an aromatic ring is 1. The van der Waals surface area contributed by atoms with Crippen LogP contribution in [0.3, 0.4) is 0 Å². The fourth-order valence-corrected chi connectivity index (χ4v) is 6.59. The topological polar surface area (TPSA) is 193 Å². The number of para-hydroxylation sites is 1. The summed E-state index contributed by atoms with van der Waals surface area (Å²) in [6.45, 7) is 1.01. The van der Waals surface area contributed by atoms with Gasteiger partial charge in [-0.25, -0.2) is 19.5 Å². The molecule has 5 rings (SSSR count). The zero-order valence-corrected chi connectivity index (χ0v) is 23.9. The van der Waals surface area contributed by atoms with Crippen LogP contribution in [0.5, 0.6) is 5.75 Å². The second-order valence-corrected chi connectivity index (χ2v) is 12.0. The van der Waals surface area contributed by atoms with Gasteiger partial charge in [0.1, 0.15) is 42.5 Å². The molecule has 16 heteroatoms. The lowest BCUT2D eigenvalue weighted by Gasteiger charge is -2.26. The number of halogens is 1. The number of esters is 1. The van der Waals surface area contributed by atoms with Crippen molar-refractivity contribution >= 4 is 42.3 Å². The molecule has 1 aliphatic heterocycles. The van der Waals surface area contributed by atoms with Gasteiger partial charge >= 0.3 is 13.7 Å². The minimum Gasteiger partial charge on any atom is -0.461 e. The van der Waals surface area contributed by atoms with E-state index in [4.69, 9.17) is 35.9 Å². The van der Waals surface area contributed by atoms with Crippen LogP contribution in [0.25, 0.3) is 11.2 Å². The predicted octanol–water partition coefficient (Wildman–Crippen LogP) is 2.74. The van der Waals surface area contributed by atoms with Gasteiger partial charge in [-0.1, -0.05) is 24.6 Å². The number of carbonyl (C=O) groups excluding carboxylic acids is 1. The van der Waals surface area contributed by atoms with Gasteiger partial charge in [0.05, 0.1) is 6.61 Å². The summed E-state index contributed by atoms with van der Waals surface area (Å²) in [5.74, 6) is -0.298. The Morgan fingerprint density at radius 2 is 1.95 bits per heavy atom. The molecular formula is C25H32ClN6O8P. The van der Waals surface area contributed by atoms with E-state index in [1.165, 1.54) is 17.8 Å². The molecule has 2 fully saturated rings. The lowest BCUT2D eigenvalue weighted by atomic mass is 9.98. The lowest BCUT2D eigenvalue weighted by molar-refractivity contribution is -0.152. The normalized spacial score (nSPS) is 25.6. The van der Waals surface area contributed by atoms with Gasteiger partial charge in [-0.2, -0.15) is 5.09 Å². The summed E-state index contributed by atoms with van der Waals surface area (Å²) >= 11 is 6.28. The first-order valence-corrected chi connectivity index (χ1v) is 15.2. The van der Waals surface area contributed by atoms with Crippen molar-refractivity contribution in [2.75, 3.05) is 12.3 Å². The summed E-state index contributed by atoms with van der Waals surface area (Å²) in [5, 5.41) is 24.1. The van der Waals surface area contributed by atoms with Gasteiger partial charge in [0.25, 0.3) is 0 Å². The summed E-state index contributed by atoms with van der Waals surface area (Å²) in [4.78, 5) is 24.9. The molecule has 0 spiro atoms. The van der Waals surface area contributed by atoms with Crippen LogP contribution in [0, 0.1) is 0 Å². The SMILES string of the molecule is C[C@H](NP(=O)(OC[C@H]1O[C@@H](n2c(Cl)nc3c(N)ncnc32)[C@@H](O)C1O)Oc1ccccc1)C(=O)OC1CCCCC1. The minimum atomic E-state index is -4.24. The number of benzene rings is 1. The molecule has 1 aromatic carbocycles. The van der Waals surface area contributed by atoms with Crippen molar-refractivity contribution in [1.82, 2.24) is 24.6 Å². The number of fused-ring (bicyclic) bond motifs is 1. The first-order chi connectivity index (χ1) is 19.6. The van der Waals surface area contributed by atoms with Crippen LogP contribution >= 0.6 is 19.3 Å². The number of hydrogen-bond acceptors (Lipinski definition) is 12. The largest absolute Gasteiger partial charge is 0.461 e. The second-order valence-electron chi connectivity index (χ2n) is 9.97. The number of nitrogens with one attached hydrogen (secondary N) is 1. The molecule has 5 N–H and O–H groups in total. The molecule has 0 bridgehead atoms. The Labute approximate surface area is 240 Å². The van der Waals surface area contributed by atoms with E-state index in [0.717, 1.165) is 32.1 Å². The molecule has 1 saturated carbocycles. The number of ether oxygens (including phenoxy) is 2. The monoisotopic (exact) mass is 610 g/mol. The fraction of sp³-hybridized carbons (Fsp3) is 0.520. The average Bonchev–Trinajstić information content (AvgIpc) is 3.44. The third-order valence-electron chi connectivity index (χ3n) is 6.97. The number of anilines is 1. The highest BCUT2D eigenvalue weighted by Gasteiger charge is 2.47. The highest BCUT2D eigenvalue weighted by molar-refractivity contribution is 7.52. The zero-order valence-electron chi connectivity index (χ0n) is 22.2. The Morgan fingerprint density at radius 1 is 1.22 bits per heavy atom. The van der Waals surface area contributed by atoms with Crippen LogP contribution in [-0.4, -0.2) is 72.8 Å². The number of carbonyl (C=O) groups is 1. The lowest BCUT2D eigenvalue weighted by Crippen LogP contribution is -2.38. The summed E-state index contributed by atoms with van der Waals surface area (Å²) in [6.07, 6.45) is 0.268. The fourth-order valence-electron chi connectivity index (χ4n) is 4.83. The van der Waals surface area contributed by atoms with Gasteiger partial charge < -0.3 is 29.9 Å². The molecule has 222 valence electrons. The Morgan fingerprint density at radius 3 is 2.68 bits per heavy atom. The summed E-state index contributed by atoms with van der Waals surface area (Å²) in [7, 11) is -4.24. The molecule has 2 aliphatic rings. The number of nitrogens with zero attached hydrogens (tertiary/aromatic N) is 4. The standard InChI is InChI=1S/C25H32ClN6O8P/c1-14(24(35)38-15-8-4-2-5-9-15)31-41(36,40-16-10-6-3-7-11-16)37-12-17-19(33)20(34)23(39-17)32-22-18(30-25(32)26)21(27)28-13-29-22/h3,6-7,10-11,13-15,17,19-20,23,33-34H,2,4-5,8-9,12H2,1H3,(H,31,36)(H2,27,28,29)/t14-,17+,19?,20-,23+,41?/m0/s1. The van der Waals surface area contributed by atoms with Crippen molar-refractivity contribution in [1.29, 1.82) is 0 Å². The van der Waals surface area contributed by atoms with Gasteiger partial charge in [-0.3, -0.25) is 13.9 Å². The van der Waals surface area contributed by atoms with Crippen molar-refractivity contribution in [3.63, 3.8) is 0 Å². The van der Waals surface area contributed by atoms with Crippen LogP contribution in [-0.2, 0) is 23.4 Å². The Hall–Kier alpha value is -2.84. The van der Waals surface area contributed by atoms with Crippen LogP contribution in [0.15, 0.2) is 36.7 Å². The summed E-state index contributed by atoms with van der Waals surface area (Å²) < 4.78 is 38.0. The maximum atomic E-state index is 13.9. The van der Waals surface area contributed by atoms with Crippen molar-refractivity contribution < 1.29 is 38.1 Å². The zero-order chi connectivity index (χ0) is 29.1. The first kappa shape index (κ1) is 29.6. The maximum Gasteiger partial charge on any atom is 0.459 e. The maximum absolute atomic E-state index is 13.9. The van der Waals surface area contributed by atoms with E-state index < -0.39 is 50.9 Å². The van der Waals surface area contributed by atoms with Crippen molar-refractivity contribution in [2.45, 2.75) is 75.7 Å². The van der Waals surface area contributed by atoms with E-state index in [-0.39, 0.29) is 34.1 Å². The van der Waals surface area contributed by atoms with Crippen LogP contribution in [0.2, 0.25) is 5.28 Å². The third kappa shape index (κ3) is 6.64. The van der Waals surface area contributed by atoms with E-state index in [2.05, 4.69) is 20.0 Å². The molecule has 41 heavy (non-hydrogen) atoms. The Bertz CT molecular complexity index is 1410. The number of aromatic nitrogens is 4. The van der Waals surface area contributed by atoms with Crippen LogP contribution in [0.4, 0.5) is 5.82 Å². The molecule has 3 heterocycles. The number of aliphatic hydroxyl groups is 2. The predicted molar refractivity (Wildman–Crippen MR) is 147 cm³/mol. The van der Waals surface area contributed by atoms with Gasteiger partial charge in [0.15, 0.2) is 23.2 Å². The quantitative estimate of drug-likeness (QED) is 0.149. The van der Waals surface area contributed by atoms with Crippen molar-refractivity contribution in [3.8, 4) is 5.75 Å². The molecule has 3 aromatic rings. The molecule has 1 saturated heterocycles. The smallest absolute Gasteiger partial charge is 0.459 e. The van der Waals surface area contributed by atoms with Crippen LogP contribution < -0.4 is 15.3 Å². The molecule has 2 unspecified atom stereocenters. The van der Waals surface area contributed by atoms with E-state index in [1.54, 1.807) is 30.3 Å². The first-order valence-electron chi connectivity index (χ1n) is 13.3. The van der Waals surface area contributed by atoms with E-state index in [9.17, 15) is 19.6 Å². The molecule has 0 amide bonds. The number of rotatable bonds is 10. The van der Waals surface area contributed by atoms with Gasteiger partial charge in [-0.05, 0) is 56.3 Å². The van der Waals surface area contributed by atoms with Crippen LogP contribution in [0.1, 0.15) is 45.3 Å². The average molecular weight is 611 g/mol.